The van der Waals surface area contributed by atoms with Gasteiger partial charge in [0.2, 0.25) is 0 Å². The maximum atomic E-state index is 12.0. The average molecular weight is 410 g/mol. The third kappa shape index (κ3) is 5.54. The minimum absolute atomic E-state index is 0.220. The molecule has 3 aliphatic rings. The molecule has 0 aromatic carbocycles. The summed E-state index contributed by atoms with van der Waals surface area (Å²) in [7, 11) is 1.40. The molecule has 3 rings (SSSR count). The lowest BCUT2D eigenvalue weighted by molar-refractivity contribution is -0.169. The molecule has 4 nitrogen and oxygen atoms in total. The summed E-state index contributed by atoms with van der Waals surface area (Å²) in [6.45, 7) is 3.80. The van der Waals surface area contributed by atoms with Crippen molar-refractivity contribution in [2.75, 3.05) is 12.8 Å². The van der Waals surface area contributed by atoms with Crippen LogP contribution < -0.4 is 0 Å². The van der Waals surface area contributed by atoms with Crippen LogP contribution in [0, 0.1) is 17.3 Å². The van der Waals surface area contributed by atoms with E-state index in [1.165, 1.54) is 57.7 Å². The van der Waals surface area contributed by atoms with Crippen molar-refractivity contribution in [3.05, 3.63) is 12.2 Å². The highest BCUT2D eigenvalue weighted by Gasteiger charge is 2.47. The van der Waals surface area contributed by atoms with Crippen LogP contribution in [0.2, 0.25) is 0 Å². The highest BCUT2D eigenvalue weighted by atomic mass is 32.2. The third-order valence-corrected chi connectivity index (χ3v) is 8.50. The fraction of sp³-hybridized carbons (Fsp3) is 0.870. The normalized spacial score (nSPS) is 30.6. The van der Waals surface area contributed by atoms with Gasteiger partial charge in [0.05, 0.1) is 12.2 Å². The number of thioether (sulfide) groups is 1. The number of hydrogen-bond acceptors (Lipinski definition) is 4. The number of nitrogens with zero attached hydrogens (tertiary/aromatic N) is 1. The number of carbonyl (C=O) groups excluding carboxylic acids is 1. The van der Waals surface area contributed by atoms with Gasteiger partial charge < -0.3 is 4.74 Å². The zero-order chi connectivity index (χ0) is 20.1. The van der Waals surface area contributed by atoms with Crippen molar-refractivity contribution >= 4 is 17.7 Å². The lowest BCUT2D eigenvalue weighted by atomic mass is 9.76. The number of allylic oxidation sites excluding steroid dienone is 2. The molecular weight excluding hydrogens is 370 g/mol. The maximum Gasteiger partial charge on any atom is 0.251 e. The first-order valence-corrected chi connectivity index (χ1v) is 12.3. The standard InChI is InChI=1S/C23H39NO3S/c1-23(2,22(25)24(3)26)15-8-4-5-11-18-19(21-13-12-20(18)27-21)14-16-28-17-9-6-7-10-17/h4-5,17-21,26H,6-16H2,1-3H3/t18-,19+,20-,21+/m0/s1. The number of fused-ring (bicyclic) bond motifs is 2. The molecule has 160 valence electrons. The molecule has 0 aromatic heterocycles. The molecule has 4 atom stereocenters. The first-order chi connectivity index (χ1) is 13.4. The second-order valence-electron chi connectivity index (χ2n) is 9.64. The first-order valence-electron chi connectivity index (χ1n) is 11.3. The van der Waals surface area contributed by atoms with E-state index >= 15 is 0 Å². The molecule has 0 spiro atoms. The Morgan fingerprint density at radius 3 is 2.50 bits per heavy atom. The number of carbonyl (C=O) groups is 1. The van der Waals surface area contributed by atoms with Crippen LogP contribution in [-0.4, -0.2) is 46.4 Å². The molecule has 0 radical (unpaired) electrons. The van der Waals surface area contributed by atoms with Crippen molar-refractivity contribution in [3.63, 3.8) is 0 Å². The molecule has 2 aliphatic heterocycles. The van der Waals surface area contributed by atoms with E-state index in [4.69, 9.17) is 4.74 Å². The number of hydroxylamine groups is 2. The summed E-state index contributed by atoms with van der Waals surface area (Å²) in [5.41, 5.74) is -0.524. The van der Waals surface area contributed by atoms with Crippen molar-refractivity contribution in [2.45, 2.75) is 95.5 Å². The summed E-state index contributed by atoms with van der Waals surface area (Å²) in [4.78, 5) is 12.0. The van der Waals surface area contributed by atoms with Gasteiger partial charge in [-0.3, -0.25) is 10.0 Å². The van der Waals surface area contributed by atoms with E-state index in [1.807, 2.05) is 13.8 Å². The molecule has 28 heavy (non-hydrogen) atoms. The lowest BCUT2D eigenvalue weighted by Gasteiger charge is -2.27. The Kier molecular flexibility index (Phi) is 7.91. The summed E-state index contributed by atoms with van der Waals surface area (Å²) in [6.07, 6.45) is 17.8. The van der Waals surface area contributed by atoms with Crippen molar-refractivity contribution in [1.82, 2.24) is 5.06 Å². The zero-order valence-electron chi connectivity index (χ0n) is 17.9. The fourth-order valence-corrected chi connectivity index (χ4v) is 6.79. The van der Waals surface area contributed by atoms with Crippen LogP contribution in [0.5, 0.6) is 0 Å². The van der Waals surface area contributed by atoms with E-state index in [2.05, 4.69) is 23.9 Å². The Morgan fingerprint density at radius 1 is 1.14 bits per heavy atom. The Hall–Kier alpha value is -0.520. The summed E-state index contributed by atoms with van der Waals surface area (Å²) in [5, 5.41) is 11.0. The van der Waals surface area contributed by atoms with Gasteiger partial charge in [-0.25, -0.2) is 5.06 Å². The topological polar surface area (TPSA) is 49.8 Å². The van der Waals surface area contributed by atoms with Gasteiger partial charge in [-0.15, -0.1) is 0 Å². The van der Waals surface area contributed by atoms with E-state index in [0.29, 0.717) is 23.2 Å². The molecule has 1 N–H and O–H groups in total. The second-order valence-corrected chi connectivity index (χ2v) is 11.1. The molecule has 1 aliphatic carbocycles. The van der Waals surface area contributed by atoms with Gasteiger partial charge in [0.1, 0.15) is 0 Å². The number of rotatable bonds is 10. The first kappa shape index (κ1) is 22.2. The summed E-state index contributed by atoms with van der Waals surface area (Å²) in [6, 6.07) is 0. The Labute approximate surface area is 175 Å². The van der Waals surface area contributed by atoms with Crippen LogP contribution in [0.1, 0.15) is 78.1 Å². The monoisotopic (exact) mass is 409 g/mol. The smallest absolute Gasteiger partial charge is 0.251 e. The minimum atomic E-state index is -0.524. The maximum absolute atomic E-state index is 12.0. The average Bonchev–Trinajstić information content (AvgIpc) is 3.39. The van der Waals surface area contributed by atoms with Crippen molar-refractivity contribution in [2.24, 2.45) is 17.3 Å². The number of amides is 1. The Morgan fingerprint density at radius 2 is 1.82 bits per heavy atom. The lowest BCUT2D eigenvalue weighted by Crippen LogP contribution is -2.36. The van der Waals surface area contributed by atoms with Gasteiger partial charge in [-0.05, 0) is 69.0 Å². The summed E-state index contributed by atoms with van der Waals surface area (Å²) >= 11 is 2.21. The number of ether oxygens (including phenoxy) is 1. The fourth-order valence-electron chi connectivity index (χ4n) is 5.38. The molecule has 3 fully saturated rings. The molecule has 5 heteroatoms. The summed E-state index contributed by atoms with van der Waals surface area (Å²) in [5.74, 6) is 2.49. The third-order valence-electron chi connectivity index (χ3n) is 7.08. The minimum Gasteiger partial charge on any atom is -0.374 e. The molecule has 2 bridgehead atoms. The van der Waals surface area contributed by atoms with Gasteiger partial charge >= 0.3 is 0 Å². The second kappa shape index (κ2) is 9.99. The van der Waals surface area contributed by atoms with E-state index in [9.17, 15) is 10.0 Å². The molecule has 1 saturated carbocycles. The van der Waals surface area contributed by atoms with Gasteiger partial charge in [-0.1, -0.05) is 38.8 Å². The Bertz CT molecular complexity index is 542. The predicted octanol–water partition coefficient (Wildman–Crippen LogP) is 5.45. The van der Waals surface area contributed by atoms with Gasteiger partial charge in [0.25, 0.3) is 5.91 Å². The van der Waals surface area contributed by atoms with E-state index in [1.54, 1.807) is 0 Å². The van der Waals surface area contributed by atoms with E-state index in [-0.39, 0.29) is 5.91 Å². The predicted molar refractivity (Wildman–Crippen MR) is 116 cm³/mol. The molecule has 1 amide bonds. The quantitative estimate of drug-likeness (QED) is 0.296. The molecule has 0 unspecified atom stereocenters. The highest BCUT2D eigenvalue weighted by molar-refractivity contribution is 7.99. The van der Waals surface area contributed by atoms with Gasteiger partial charge in [0, 0.05) is 17.7 Å². The van der Waals surface area contributed by atoms with Gasteiger partial charge in [-0.2, -0.15) is 11.8 Å². The van der Waals surface area contributed by atoms with Crippen LogP contribution in [0.15, 0.2) is 12.2 Å². The van der Waals surface area contributed by atoms with Crippen molar-refractivity contribution in [1.29, 1.82) is 0 Å². The summed E-state index contributed by atoms with van der Waals surface area (Å²) < 4.78 is 6.27. The zero-order valence-corrected chi connectivity index (χ0v) is 18.8. The van der Waals surface area contributed by atoms with Crippen LogP contribution >= 0.6 is 11.8 Å². The van der Waals surface area contributed by atoms with Crippen LogP contribution in [-0.2, 0) is 9.53 Å². The highest BCUT2D eigenvalue weighted by Crippen LogP contribution is 2.47. The molecule has 2 saturated heterocycles. The molecular formula is C23H39NO3S. The van der Waals surface area contributed by atoms with E-state index in [0.717, 1.165) is 30.4 Å². The largest absolute Gasteiger partial charge is 0.374 e. The van der Waals surface area contributed by atoms with E-state index < -0.39 is 5.41 Å². The van der Waals surface area contributed by atoms with Crippen LogP contribution in [0.3, 0.4) is 0 Å². The van der Waals surface area contributed by atoms with Crippen LogP contribution in [0.25, 0.3) is 0 Å². The van der Waals surface area contributed by atoms with Gasteiger partial charge in [0.15, 0.2) is 0 Å². The van der Waals surface area contributed by atoms with Crippen molar-refractivity contribution in [3.8, 4) is 0 Å². The Balaban J connectivity index is 1.41. The molecule has 2 heterocycles. The van der Waals surface area contributed by atoms with Crippen molar-refractivity contribution < 1.29 is 14.7 Å². The number of hydrogen-bond donors (Lipinski definition) is 1. The molecule has 0 aromatic rings. The SMILES string of the molecule is CN(O)C(=O)C(C)(C)CCC=CC[C@H]1[C@@H](CCSC2CCCC2)[C@H]2CC[C@@H]1O2. The van der Waals surface area contributed by atoms with Crippen LogP contribution in [0.4, 0.5) is 0 Å².